The van der Waals surface area contributed by atoms with Crippen molar-refractivity contribution in [2.75, 3.05) is 19.5 Å². The van der Waals surface area contributed by atoms with E-state index in [0.29, 0.717) is 11.5 Å². The van der Waals surface area contributed by atoms with Gasteiger partial charge in [0.15, 0.2) is 11.5 Å². The molecule has 0 fully saturated rings. The number of hydrogen-bond acceptors (Lipinski definition) is 5. The van der Waals surface area contributed by atoms with Gasteiger partial charge in [0.25, 0.3) is 0 Å². The van der Waals surface area contributed by atoms with Crippen LogP contribution in [0.25, 0.3) is 10.9 Å². The number of hydrogen-bond donors (Lipinski definition) is 1. The molecule has 6 heteroatoms. The van der Waals surface area contributed by atoms with E-state index in [2.05, 4.69) is 37.9 Å². The molecular weight excluding hydrogens is 393 g/mol. The van der Waals surface area contributed by atoms with Gasteiger partial charge < -0.3 is 14.8 Å². The molecule has 0 amide bonds. The van der Waals surface area contributed by atoms with Gasteiger partial charge in [-0.2, -0.15) is 0 Å². The minimum atomic E-state index is 0.647. The predicted octanol–water partition coefficient (Wildman–Crippen LogP) is 4.00. The average molecular weight is 407 g/mol. The molecule has 3 rings (SSSR count). The first kappa shape index (κ1) is 14.8. The Kier molecular flexibility index (Phi) is 4.28. The van der Waals surface area contributed by atoms with Gasteiger partial charge in [-0.05, 0) is 52.9 Å². The fourth-order valence-corrected chi connectivity index (χ4v) is 2.51. The Labute approximate surface area is 141 Å². The van der Waals surface area contributed by atoms with Crippen molar-refractivity contribution in [1.82, 2.24) is 9.97 Å². The van der Waals surface area contributed by atoms with E-state index in [1.807, 2.05) is 36.4 Å². The number of fused-ring (bicyclic) bond motifs is 1. The van der Waals surface area contributed by atoms with Gasteiger partial charge in [0.1, 0.15) is 12.1 Å². The summed E-state index contributed by atoms with van der Waals surface area (Å²) in [5.74, 6) is 2.02. The van der Waals surface area contributed by atoms with E-state index in [1.165, 1.54) is 9.90 Å². The highest BCUT2D eigenvalue weighted by Gasteiger charge is 2.11. The Balaban J connectivity index is 2.07. The third kappa shape index (κ3) is 2.92. The van der Waals surface area contributed by atoms with Crippen molar-refractivity contribution in [3.05, 3.63) is 46.3 Å². The van der Waals surface area contributed by atoms with Crippen LogP contribution in [0, 0.1) is 3.57 Å². The minimum absolute atomic E-state index is 0.647. The van der Waals surface area contributed by atoms with E-state index < -0.39 is 0 Å². The normalized spacial score (nSPS) is 10.5. The van der Waals surface area contributed by atoms with Gasteiger partial charge in [0.2, 0.25) is 0 Å². The standard InChI is InChI=1S/C16H14IN3O2/c1-21-14-7-12-13(8-15(14)22-2)18-9-19-16(12)20-11-5-3-10(17)4-6-11/h3-9H,1-2H3,(H,18,19,20). The highest BCUT2D eigenvalue weighted by Crippen LogP contribution is 2.34. The van der Waals surface area contributed by atoms with Crippen LogP contribution >= 0.6 is 22.6 Å². The largest absolute Gasteiger partial charge is 0.493 e. The summed E-state index contributed by atoms with van der Waals surface area (Å²) in [5, 5.41) is 4.19. The Morgan fingerprint density at radius 1 is 0.955 bits per heavy atom. The number of aromatic nitrogens is 2. The van der Waals surface area contributed by atoms with Gasteiger partial charge in [0, 0.05) is 20.7 Å². The number of anilines is 2. The van der Waals surface area contributed by atoms with Crippen LogP contribution < -0.4 is 14.8 Å². The maximum atomic E-state index is 5.36. The van der Waals surface area contributed by atoms with Gasteiger partial charge in [0.05, 0.1) is 19.7 Å². The summed E-state index contributed by atoms with van der Waals surface area (Å²) in [5.41, 5.74) is 1.76. The molecule has 0 saturated carbocycles. The Bertz CT molecular complexity index is 806. The third-order valence-corrected chi connectivity index (χ3v) is 3.97. The molecule has 0 aliphatic carbocycles. The number of methoxy groups -OCH3 is 2. The van der Waals surface area contributed by atoms with Gasteiger partial charge in [-0.1, -0.05) is 0 Å². The molecule has 0 aliphatic heterocycles. The number of nitrogens with zero attached hydrogens (tertiary/aromatic N) is 2. The third-order valence-electron chi connectivity index (χ3n) is 3.25. The van der Waals surface area contributed by atoms with Crippen molar-refractivity contribution in [1.29, 1.82) is 0 Å². The first-order valence-corrected chi connectivity index (χ1v) is 7.68. The molecule has 1 N–H and O–H groups in total. The second kappa shape index (κ2) is 6.35. The lowest BCUT2D eigenvalue weighted by atomic mass is 10.2. The van der Waals surface area contributed by atoms with E-state index >= 15 is 0 Å². The van der Waals surface area contributed by atoms with E-state index in [9.17, 15) is 0 Å². The fraction of sp³-hybridized carbons (Fsp3) is 0.125. The van der Waals surface area contributed by atoms with Gasteiger partial charge in [-0.15, -0.1) is 0 Å². The molecule has 0 bridgehead atoms. The van der Waals surface area contributed by atoms with Crippen LogP contribution in [0.2, 0.25) is 0 Å². The summed E-state index contributed by atoms with van der Waals surface area (Å²) in [7, 11) is 3.22. The lowest BCUT2D eigenvalue weighted by Gasteiger charge is -2.12. The molecule has 0 saturated heterocycles. The quantitative estimate of drug-likeness (QED) is 0.663. The summed E-state index contributed by atoms with van der Waals surface area (Å²) in [6.07, 6.45) is 1.53. The number of benzene rings is 2. The maximum absolute atomic E-state index is 5.36. The first-order chi connectivity index (χ1) is 10.7. The first-order valence-electron chi connectivity index (χ1n) is 6.60. The molecule has 0 unspecified atom stereocenters. The summed E-state index contributed by atoms with van der Waals surface area (Å²) in [6, 6.07) is 11.8. The second-order valence-corrected chi connectivity index (χ2v) is 5.82. The molecule has 5 nitrogen and oxygen atoms in total. The zero-order valence-electron chi connectivity index (χ0n) is 12.1. The van der Waals surface area contributed by atoms with Crippen LogP contribution in [0.3, 0.4) is 0 Å². The van der Waals surface area contributed by atoms with Crippen molar-refractivity contribution in [3.63, 3.8) is 0 Å². The molecule has 0 radical (unpaired) electrons. The van der Waals surface area contributed by atoms with Gasteiger partial charge in [-0.25, -0.2) is 9.97 Å². The van der Waals surface area contributed by atoms with E-state index in [-0.39, 0.29) is 0 Å². The second-order valence-electron chi connectivity index (χ2n) is 4.58. The van der Waals surface area contributed by atoms with E-state index in [0.717, 1.165) is 22.4 Å². The van der Waals surface area contributed by atoms with Crippen LogP contribution in [0.1, 0.15) is 0 Å². The molecule has 0 aliphatic rings. The lowest BCUT2D eigenvalue weighted by molar-refractivity contribution is 0.356. The SMILES string of the molecule is COc1cc2ncnc(Nc3ccc(I)cc3)c2cc1OC. The van der Waals surface area contributed by atoms with Crippen LogP contribution in [-0.4, -0.2) is 24.2 Å². The molecule has 1 heterocycles. The molecule has 1 aromatic heterocycles. The average Bonchev–Trinajstić information content (AvgIpc) is 2.56. The minimum Gasteiger partial charge on any atom is -0.493 e. The molecular formula is C16H14IN3O2. The highest BCUT2D eigenvalue weighted by molar-refractivity contribution is 14.1. The monoisotopic (exact) mass is 407 g/mol. The number of ether oxygens (including phenoxy) is 2. The highest BCUT2D eigenvalue weighted by atomic mass is 127. The number of halogens is 1. The molecule has 22 heavy (non-hydrogen) atoms. The molecule has 0 spiro atoms. The lowest BCUT2D eigenvalue weighted by Crippen LogP contribution is -1.98. The van der Waals surface area contributed by atoms with Crippen molar-refractivity contribution >= 4 is 45.0 Å². The van der Waals surface area contributed by atoms with E-state index in [1.54, 1.807) is 14.2 Å². The molecule has 0 atom stereocenters. The maximum Gasteiger partial charge on any atom is 0.162 e. The summed E-state index contributed by atoms with van der Waals surface area (Å²) in [6.45, 7) is 0. The zero-order valence-corrected chi connectivity index (χ0v) is 14.3. The van der Waals surface area contributed by atoms with Gasteiger partial charge >= 0.3 is 0 Å². The molecule has 112 valence electrons. The van der Waals surface area contributed by atoms with Crippen LogP contribution in [0.15, 0.2) is 42.7 Å². The van der Waals surface area contributed by atoms with Crippen molar-refractivity contribution in [2.45, 2.75) is 0 Å². The van der Waals surface area contributed by atoms with Crippen molar-refractivity contribution in [2.24, 2.45) is 0 Å². The van der Waals surface area contributed by atoms with Crippen LogP contribution in [0.5, 0.6) is 11.5 Å². The predicted molar refractivity (Wildman–Crippen MR) is 95.1 cm³/mol. The van der Waals surface area contributed by atoms with E-state index in [4.69, 9.17) is 9.47 Å². The Morgan fingerprint density at radius 2 is 1.64 bits per heavy atom. The summed E-state index contributed by atoms with van der Waals surface area (Å²) >= 11 is 2.27. The molecule has 2 aromatic carbocycles. The Morgan fingerprint density at radius 3 is 2.32 bits per heavy atom. The fourth-order valence-electron chi connectivity index (χ4n) is 2.15. The van der Waals surface area contributed by atoms with Crippen molar-refractivity contribution < 1.29 is 9.47 Å². The Hall–Kier alpha value is -2.09. The van der Waals surface area contributed by atoms with Crippen molar-refractivity contribution in [3.8, 4) is 11.5 Å². The topological polar surface area (TPSA) is 56.3 Å². The zero-order chi connectivity index (χ0) is 15.5. The van der Waals surface area contributed by atoms with Crippen LogP contribution in [0.4, 0.5) is 11.5 Å². The molecule has 3 aromatic rings. The number of rotatable bonds is 4. The summed E-state index contributed by atoms with van der Waals surface area (Å²) < 4.78 is 11.8. The smallest absolute Gasteiger partial charge is 0.162 e. The van der Waals surface area contributed by atoms with Gasteiger partial charge in [-0.3, -0.25) is 0 Å². The summed E-state index contributed by atoms with van der Waals surface area (Å²) in [4.78, 5) is 8.63. The van der Waals surface area contributed by atoms with Crippen LogP contribution in [-0.2, 0) is 0 Å². The number of nitrogens with one attached hydrogen (secondary N) is 1.